The zero-order chi connectivity index (χ0) is 13.1. The van der Waals surface area contributed by atoms with Crippen LogP contribution in [0.4, 0.5) is 0 Å². The van der Waals surface area contributed by atoms with Gasteiger partial charge in [0.15, 0.2) is 9.84 Å². The fraction of sp³-hybridized carbons (Fsp3) is 0.417. The summed E-state index contributed by atoms with van der Waals surface area (Å²) in [4.78, 5) is 10.7. The first-order chi connectivity index (χ1) is 7.83. The van der Waals surface area contributed by atoms with E-state index < -0.39 is 21.1 Å². The third-order valence-corrected chi connectivity index (χ3v) is 4.68. The molecule has 4 nitrogen and oxygen atoms in total. The number of sulfone groups is 1. The maximum atomic E-state index is 11.8. The summed E-state index contributed by atoms with van der Waals surface area (Å²) in [5.41, 5.74) is 1.13. The van der Waals surface area contributed by atoms with Crippen molar-refractivity contribution in [1.29, 1.82) is 0 Å². The molecular formula is C12H16O4S. The highest BCUT2D eigenvalue weighted by Gasteiger charge is 2.18. The van der Waals surface area contributed by atoms with E-state index >= 15 is 0 Å². The van der Waals surface area contributed by atoms with Gasteiger partial charge in [-0.05, 0) is 25.0 Å². The van der Waals surface area contributed by atoms with E-state index in [-0.39, 0.29) is 12.2 Å². The lowest BCUT2D eigenvalue weighted by Crippen LogP contribution is -2.17. The minimum atomic E-state index is -3.20. The first kappa shape index (κ1) is 13.7. The molecule has 0 aliphatic heterocycles. The highest BCUT2D eigenvalue weighted by molar-refractivity contribution is 7.91. The Kier molecular flexibility index (Phi) is 4.28. The normalized spacial score (nSPS) is 11.7. The van der Waals surface area contributed by atoms with Gasteiger partial charge in [-0.15, -0.1) is 0 Å². The summed E-state index contributed by atoms with van der Waals surface area (Å²) in [5, 5.41) is 8.29. The first-order valence-corrected chi connectivity index (χ1v) is 7.04. The van der Waals surface area contributed by atoms with Crippen LogP contribution in [0.15, 0.2) is 24.3 Å². The number of rotatable bonds is 5. The maximum Gasteiger partial charge on any atom is 0.307 e. The molecule has 0 unspecified atom stereocenters. The van der Waals surface area contributed by atoms with Crippen LogP contribution in [0.25, 0.3) is 0 Å². The van der Waals surface area contributed by atoms with Gasteiger partial charge in [-0.2, -0.15) is 0 Å². The topological polar surface area (TPSA) is 71.4 Å². The minimum absolute atomic E-state index is 0.103. The molecule has 1 rings (SSSR count). The summed E-state index contributed by atoms with van der Waals surface area (Å²) in [6.45, 7) is 3.24. The average Bonchev–Trinajstić information content (AvgIpc) is 2.19. The molecule has 0 heterocycles. The molecule has 0 atom stereocenters. The van der Waals surface area contributed by atoms with Gasteiger partial charge in [0.05, 0.1) is 17.4 Å². The second kappa shape index (κ2) is 5.31. The van der Waals surface area contributed by atoms with Gasteiger partial charge in [-0.3, -0.25) is 4.79 Å². The van der Waals surface area contributed by atoms with Crippen LogP contribution in [0.1, 0.15) is 25.0 Å². The summed E-state index contributed by atoms with van der Waals surface area (Å²) in [6.07, 6.45) is -0.149. The number of carboxylic acids is 1. The number of carboxylic acid groups (broad SMARTS) is 1. The Morgan fingerprint density at radius 2 is 1.76 bits per heavy atom. The van der Waals surface area contributed by atoms with Crippen molar-refractivity contribution in [3.05, 3.63) is 35.4 Å². The van der Waals surface area contributed by atoms with Crippen LogP contribution in [0.5, 0.6) is 0 Å². The highest BCUT2D eigenvalue weighted by atomic mass is 32.2. The van der Waals surface area contributed by atoms with Crippen LogP contribution in [0.2, 0.25) is 0 Å². The molecule has 17 heavy (non-hydrogen) atoms. The van der Waals surface area contributed by atoms with Gasteiger partial charge in [0.1, 0.15) is 0 Å². The van der Waals surface area contributed by atoms with E-state index in [2.05, 4.69) is 0 Å². The van der Waals surface area contributed by atoms with E-state index in [1.807, 2.05) is 0 Å². The van der Waals surface area contributed by atoms with E-state index in [0.717, 1.165) is 0 Å². The number of aliphatic carboxylic acids is 1. The molecule has 94 valence electrons. The zero-order valence-electron chi connectivity index (χ0n) is 9.88. The van der Waals surface area contributed by atoms with Crippen LogP contribution in [-0.2, 0) is 26.8 Å². The molecule has 0 bridgehead atoms. The third kappa shape index (κ3) is 3.85. The summed E-state index contributed by atoms with van der Waals surface area (Å²) in [7, 11) is -3.20. The fourth-order valence-electron chi connectivity index (χ4n) is 1.42. The molecule has 0 aliphatic carbocycles. The van der Waals surface area contributed by atoms with Gasteiger partial charge >= 0.3 is 5.97 Å². The summed E-state index contributed by atoms with van der Waals surface area (Å²) >= 11 is 0. The Balaban J connectivity index is 3.03. The standard InChI is InChI=1S/C12H16O4S/c1-9(2)17(15,16)8-11-6-4-3-5-10(11)7-12(13)14/h3-6,9H,7-8H2,1-2H3,(H,13,14). The van der Waals surface area contributed by atoms with E-state index in [9.17, 15) is 13.2 Å². The quantitative estimate of drug-likeness (QED) is 0.869. The van der Waals surface area contributed by atoms with Crippen LogP contribution >= 0.6 is 0 Å². The molecule has 0 saturated heterocycles. The van der Waals surface area contributed by atoms with Gasteiger partial charge in [0.2, 0.25) is 0 Å². The lowest BCUT2D eigenvalue weighted by Gasteiger charge is -2.10. The molecule has 0 saturated carbocycles. The number of carbonyl (C=O) groups is 1. The fourth-order valence-corrected chi connectivity index (χ4v) is 2.47. The van der Waals surface area contributed by atoms with Gasteiger partial charge in [0, 0.05) is 0 Å². The molecular weight excluding hydrogens is 240 g/mol. The molecule has 1 aromatic rings. The van der Waals surface area contributed by atoms with Crippen LogP contribution in [0.3, 0.4) is 0 Å². The Morgan fingerprint density at radius 3 is 2.24 bits per heavy atom. The van der Waals surface area contributed by atoms with Crippen LogP contribution < -0.4 is 0 Å². The monoisotopic (exact) mass is 256 g/mol. The second-order valence-corrected chi connectivity index (χ2v) is 6.75. The highest BCUT2D eigenvalue weighted by Crippen LogP contribution is 2.16. The summed E-state index contributed by atoms with van der Waals surface area (Å²) in [6, 6.07) is 6.75. The van der Waals surface area contributed by atoms with Crippen LogP contribution in [-0.4, -0.2) is 24.7 Å². The number of hydrogen-bond acceptors (Lipinski definition) is 3. The summed E-state index contributed by atoms with van der Waals surface area (Å²) in [5.74, 6) is -1.06. The number of hydrogen-bond donors (Lipinski definition) is 1. The smallest absolute Gasteiger partial charge is 0.307 e. The van der Waals surface area contributed by atoms with E-state index in [1.54, 1.807) is 38.1 Å². The van der Waals surface area contributed by atoms with Crippen molar-refractivity contribution in [3.63, 3.8) is 0 Å². The van der Waals surface area contributed by atoms with Crippen molar-refractivity contribution in [3.8, 4) is 0 Å². The van der Waals surface area contributed by atoms with E-state index in [1.165, 1.54) is 0 Å². The molecule has 0 aliphatic rings. The van der Waals surface area contributed by atoms with Crippen molar-refractivity contribution in [2.24, 2.45) is 0 Å². The Morgan fingerprint density at radius 1 is 1.24 bits per heavy atom. The molecule has 0 spiro atoms. The van der Waals surface area contributed by atoms with Gasteiger partial charge in [-0.25, -0.2) is 8.42 Å². The summed E-state index contributed by atoms with van der Waals surface area (Å²) < 4.78 is 23.6. The third-order valence-electron chi connectivity index (χ3n) is 2.53. The maximum absolute atomic E-state index is 11.8. The van der Waals surface area contributed by atoms with Crippen LogP contribution in [0, 0.1) is 0 Å². The number of benzene rings is 1. The first-order valence-electron chi connectivity index (χ1n) is 5.33. The van der Waals surface area contributed by atoms with E-state index in [0.29, 0.717) is 11.1 Å². The molecule has 0 radical (unpaired) electrons. The predicted octanol–water partition coefficient (Wildman–Crippen LogP) is 1.64. The molecule has 0 aromatic heterocycles. The predicted molar refractivity (Wildman–Crippen MR) is 65.5 cm³/mol. The van der Waals surface area contributed by atoms with Crippen molar-refractivity contribution >= 4 is 15.8 Å². The van der Waals surface area contributed by atoms with Crippen molar-refractivity contribution in [2.45, 2.75) is 31.3 Å². The lowest BCUT2D eigenvalue weighted by molar-refractivity contribution is -0.136. The van der Waals surface area contributed by atoms with E-state index in [4.69, 9.17) is 5.11 Å². The Hall–Kier alpha value is -1.36. The van der Waals surface area contributed by atoms with Gasteiger partial charge < -0.3 is 5.11 Å². The molecule has 5 heteroatoms. The van der Waals surface area contributed by atoms with Gasteiger partial charge in [0.25, 0.3) is 0 Å². The Bertz CT molecular complexity index is 503. The molecule has 0 fully saturated rings. The largest absolute Gasteiger partial charge is 0.481 e. The van der Waals surface area contributed by atoms with Crippen molar-refractivity contribution < 1.29 is 18.3 Å². The van der Waals surface area contributed by atoms with Gasteiger partial charge in [-0.1, -0.05) is 24.3 Å². The SMILES string of the molecule is CC(C)S(=O)(=O)Cc1ccccc1CC(=O)O. The molecule has 0 amide bonds. The Labute approximate surface area is 101 Å². The lowest BCUT2D eigenvalue weighted by atomic mass is 10.1. The molecule has 1 N–H and O–H groups in total. The minimum Gasteiger partial charge on any atom is -0.481 e. The van der Waals surface area contributed by atoms with Crippen molar-refractivity contribution in [1.82, 2.24) is 0 Å². The zero-order valence-corrected chi connectivity index (χ0v) is 10.7. The average molecular weight is 256 g/mol. The second-order valence-electron chi connectivity index (χ2n) is 4.20. The molecule has 1 aromatic carbocycles. The van der Waals surface area contributed by atoms with Crippen molar-refractivity contribution in [2.75, 3.05) is 0 Å².